The van der Waals surface area contributed by atoms with Crippen molar-refractivity contribution < 1.29 is 14.3 Å². The van der Waals surface area contributed by atoms with E-state index >= 15 is 0 Å². The van der Waals surface area contributed by atoms with E-state index < -0.39 is 0 Å². The largest absolute Gasteiger partial charge is 0.456 e. The lowest BCUT2D eigenvalue weighted by Gasteiger charge is -2.32. The van der Waals surface area contributed by atoms with Gasteiger partial charge in [0.2, 0.25) is 0 Å². The molecule has 0 amide bonds. The Kier molecular flexibility index (Phi) is 3.91. The molecule has 3 heteroatoms. The van der Waals surface area contributed by atoms with E-state index in [1.165, 1.54) is 6.08 Å². The molecule has 3 nitrogen and oxygen atoms in total. The Hall–Kier alpha value is -0.830. The summed E-state index contributed by atoms with van der Waals surface area (Å²) < 4.78 is 10.8. The third kappa shape index (κ3) is 2.59. The van der Waals surface area contributed by atoms with E-state index in [9.17, 15) is 4.79 Å². The summed E-state index contributed by atoms with van der Waals surface area (Å²) in [4.78, 5) is 11.3. The lowest BCUT2D eigenvalue weighted by atomic mass is 9.88. The molecule has 1 saturated carbocycles. The van der Waals surface area contributed by atoms with Gasteiger partial charge in [-0.1, -0.05) is 20.4 Å². The molecule has 0 aromatic heterocycles. The highest BCUT2D eigenvalue weighted by Crippen LogP contribution is 2.40. The second-order valence-electron chi connectivity index (χ2n) is 4.45. The monoisotopic (exact) mass is 212 g/mol. The van der Waals surface area contributed by atoms with Gasteiger partial charge in [-0.15, -0.1) is 0 Å². The van der Waals surface area contributed by atoms with Gasteiger partial charge in [0.1, 0.15) is 5.60 Å². The highest BCUT2D eigenvalue weighted by atomic mass is 16.6. The van der Waals surface area contributed by atoms with Gasteiger partial charge in [-0.3, -0.25) is 0 Å². The van der Waals surface area contributed by atoms with E-state index in [1.54, 1.807) is 7.11 Å². The van der Waals surface area contributed by atoms with Crippen molar-refractivity contribution >= 4 is 5.97 Å². The Morgan fingerprint density at radius 3 is 2.67 bits per heavy atom. The number of carbonyl (C=O) groups excluding carboxylic acids is 1. The van der Waals surface area contributed by atoms with Crippen molar-refractivity contribution in [2.75, 3.05) is 7.11 Å². The second kappa shape index (κ2) is 4.79. The van der Waals surface area contributed by atoms with Crippen molar-refractivity contribution in [3.8, 4) is 0 Å². The first kappa shape index (κ1) is 12.2. The van der Waals surface area contributed by atoms with Crippen LogP contribution in [0, 0.1) is 5.92 Å². The van der Waals surface area contributed by atoms with Crippen LogP contribution in [0.1, 0.15) is 33.1 Å². The molecular weight excluding hydrogens is 192 g/mol. The molecule has 0 aromatic carbocycles. The van der Waals surface area contributed by atoms with Gasteiger partial charge in [0.25, 0.3) is 0 Å². The molecule has 2 unspecified atom stereocenters. The van der Waals surface area contributed by atoms with Gasteiger partial charge >= 0.3 is 5.97 Å². The van der Waals surface area contributed by atoms with Crippen LogP contribution in [0.2, 0.25) is 0 Å². The summed E-state index contributed by atoms with van der Waals surface area (Å²) in [6, 6.07) is 0. The smallest absolute Gasteiger partial charge is 0.330 e. The van der Waals surface area contributed by atoms with Gasteiger partial charge in [-0.25, -0.2) is 4.79 Å². The third-order valence-corrected chi connectivity index (χ3v) is 3.32. The Morgan fingerprint density at radius 1 is 1.60 bits per heavy atom. The molecule has 2 atom stereocenters. The SMILES string of the molecule is C=CC(=O)OC1(C(C)C)CCC(OC)C1. The van der Waals surface area contributed by atoms with Crippen LogP contribution in [0.4, 0.5) is 0 Å². The molecule has 0 spiro atoms. The first-order chi connectivity index (χ1) is 7.04. The first-order valence-electron chi connectivity index (χ1n) is 5.42. The first-order valence-corrected chi connectivity index (χ1v) is 5.42. The minimum absolute atomic E-state index is 0.213. The average Bonchev–Trinajstić information content (AvgIpc) is 2.62. The highest BCUT2D eigenvalue weighted by molar-refractivity contribution is 5.81. The summed E-state index contributed by atoms with van der Waals surface area (Å²) >= 11 is 0. The number of hydrogen-bond donors (Lipinski definition) is 0. The molecule has 0 saturated heterocycles. The van der Waals surface area contributed by atoms with Crippen LogP contribution in [0.3, 0.4) is 0 Å². The van der Waals surface area contributed by atoms with E-state index in [2.05, 4.69) is 20.4 Å². The van der Waals surface area contributed by atoms with Gasteiger partial charge in [0.05, 0.1) is 6.10 Å². The summed E-state index contributed by atoms with van der Waals surface area (Å²) in [5.74, 6) is -0.0259. The Bertz CT molecular complexity index is 247. The minimum atomic E-state index is -0.355. The molecule has 0 heterocycles. The quantitative estimate of drug-likeness (QED) is 0.530. The third-order valence-electron chi connectivity index (χ3n) is 3.32. The van der Waals surface area contributed by atoms with Crippen molar-refractivity contribution in [2.24, 2.45) is 5.92 Å². The Balaban J connectivity index is 2.73. The van der Waals surface area contributed by atoms with Gasteiger partial charge in [0.15, 0.2) is 0 Å². The summed E-state index contributed by atoms with van der Waals surface area (Å²) in [5.41, 5.74) is -0.355. The molecule has 1 rings (SSSR count). The van der Waals surface area contributed by atoms with Gasteiger partial charge in [0, 0.05) is 19.6 Å². The molecule has 15 heavy (non-hydrogen) atoms. The summed E-state index contributed by atoms with van der Waals surface area (Å²) in [6.45, 7) is 7.58. The molecule has 0 bridgehead atoms. The zero-order valence-electron chi connectivity index (χ0n) is 9.79. The molecule has 1 fully saturated rings. The van der Waals surface area contributed by atoms with Crippen molar-refractivity contribution in [3.63, 3.8) is 0 Å². The molecular formula is C12H20O3. The van der Waals surface area contributed by atoms with E-state index in [0.717, 1.165) is 19.3 Å². The van der Waals surface area contributed by atoms with Crippen molar-refractivity contribution in [1.29, 1.82) is 0 Å². The second-order valence-corrected chi connectivity index (χ2v) is 4.45. The van der Waals surface area contributed by atoms with Crippen molar-refractivity contribution in [1.82, 2.24) is 0 Å². The fraction of sp³-hybridized carbons (Fsp3) is 0.750. The average molecular weight is 212 g/mol. The van der Waals surface area contributed by atoms with Crippen LogP contribution >= 0.6 is 0 Å². The molecule has 0 N–H and O–H groups in total. The standard InChI is InChI=1S/C12H20O3/c1-5-11(13)15-12(9(2)3)7-6-10(8-12)14-4/h5,9-10H,1,6-8H2,2-4H3. The molecule has 0 aliphatic heterocycles. The summed E-state index contributed by atoms with van der Waals surface area (Å²) in [6.07, 6.45) is 4.07. The van der Waals surface area contributed by atoms with Crippen LogP contribution in [-0.2, 0) is 14.3 Å². The zero-order valence-corrected chi connectivity index (χ0v) is 9.79. The molecule has 86 valence electrons. The van der Waals surface area contributed by atoms with E-state index in [1.807, 2.05) is 0 Å². The van der Waals surface area contributed by atoms with Crippen molar-refractivity contribution in [3.05, 3.63) is 12.7 Å². The highest BCUT2D eigenvalue weighted by Gasteiger charge is 2.44. The Labute approximate surface area is 91.4 Å². The molecule has 0 aromatic rings. The fourth-order valence-electron chi connectivity index (χ4n) is 2.17. The number of ether oxygens (including phenoxy) is 2. The topological polar surface area (TPSA) is 35.5 Å². The predicted octanol–water partition coefficient (Wildman–Crippen LogP) is 2.31. The van der Waals surface area contributed by atoms with Crippen molar-refractivity contribution in [2.45, 2.75) is 44.8 Å². The maximum atomic E-state index is 11.3. The van der Waals surface area contributed by atoms with Crippen LogP contribution in [0.5, 0.6) is 0 Å². The number of hydrogen-bond acceptors (Lipinski definition) is 3. The maximum absolute atomic E-state index is 11.3. The summed E-state index contributed by atoms with van der Waals surface area (Å²) in [5, 5.41) is 0. The van der Waals surface area contributed by atoms with Crippen LogP contribution in [0.15, 0.2) is 12.7 Å². The molecule has 1 aliphatic carbocycles. The number of methoxy groups -OCH3 is 1. The fourth-order valence-corrected chi connectivity index (χ4v) is 2.17. The van der Waals surface area contributed by atoms with Crippen LogP contribution < -0.4 is 0 Å². The predicted molar refractivity (Wildman–Crippen MR) is 58.5 cm³/mol. The van der Waals surface area contributed by atoms with E-state index in [4.69, 9.17) is 9.47 Å². The van der Waals surface area contributed by atoms with Gasteiger partial charge < -0.3 is 9.47 Å². The zero-order chi connectivity index (χ0) is 11.5. The Morgan fingerprint density at radius 2 is 2.27 bits per heavy atom. The molecule has 0 radical (unpaired) electrons. The number of esters is 1. The summed E-state index contributed by atoms with van der Waals surface area (Å²) in [7, 11) is 1.70. The number of carbonyl (C=O) groups is 1. The lowest BCUT2D eigenvalue weighted by Crippen LogP contribution is -2.38. The minimum Gasteiger partial charge on any atom is -0.456 e. The van der Waals surface area contributed by atoms with E-state index in [-0.39, 0.29) is 17.7 Å². The molecule has 1 aliphatic rings. The van der Waals surface area contributed by atoms with E-state index in [0.29, 0.717) is 5.92 Å². The van der Waals surface area contributed by atoms with Crippen LogP contribution in [-0.4, -0.2) is 24.8 Å². The maximum Gasteiger partial charge on any atom is 0.330 e. The lowest BCUT2D eigenvalue weighted by molar-refractivity contribution is -0.159. The van der Waals surface area contributed by atoms with Gasteiger partial charge in [-0.05, 0) is 18.8 Å². The number of rotatable bonds is 4. The van der Waals surface area contributed by atoms with Gasteiger partial charge in [-0.2, -0.15) is 0 Å². The van der Waals surface area contributed by atoms with Crippen LogP contribution in [0.25, 0.3) is 0 Å². The normalized spacial score (nSPS) is 30.5.